The van der Waals surface area contributed by atoms with Crippen LogP contribution in [0.3, 0.4) is 0 Å². The number of rotatable bonds is 5. The van der Waals surface area contributed by atoms with E-state index in [-0.39, 0.29) is 6.61 Å². The molecular formula is C13H13NO5. The Morgan fingerprint density at radius 3 is 2.26 bits per heavy atom. The van der Waals surface area contributed by atoms with Gasteiger partial charge in [-0.15, -0.1) is 0 Å². The summed E-state index contributed by atoms with van der Waals surface area (Å²) < 4.78 is 4.66. The second-order valence-corrected chi connectivity index (χ2v) is 3.49. The maximum Gasteiger partial charge on any atom is 0.371 e. The van der Waals surface area contributed by atoms with E-state index in [1.54, 1.807) is 25.1 Å². The van der Waals surface area contributed by atoms with Crippen molar-refractivity contribution >= 4 is 17.7 Å². The Hall–Kier alpha value is -2.63. The maximum atomic E-state index is 11.7. The Labute approximate surface area is 109 Å². The Bertz CT molecular complexity index is 533. The first-order valence-corrected chi connectivity index (χ1v) is 5.47. The van der Waals surface area contributed by atoms with E-state index >= 15 is 0 Å². The van der Waals surface area contributed by atoms with Gasteiger partial charge < -0.3 is 14.9 Å². The SMILES string of the molecule is CCOC(=O)/C(C(=N)c1ccccc1)=C(\O)C(=O)O. The van der Waals surface area contributed by atoms with Gasteiger partial charge in [0.2, 0.25) is 5.76 Å². The number of hydrogen-bond acceptors (Lipinski definition) is 5. The lowest BCUT2D eigenvalue weighted by molar-refractivity contribution is -0.140. The summed E-state index contributed by atoms with van der Waals surface area (Å²) in [5.74, 6) is -3.94. The minimum atomic E-state index is -1.69. The lowest BCUT2D eigenvalue weighted by Gasteiger charge is -2.09. The number of nitrogens with one attached hydrogen (secondary N) is 1. The van der Waals surface area contributed by atoms with Gasteiger partial charge in [0.25, 0.3) is 0 Å². The molecule has 19 heavy (non-hydrogen) atoms. The van der Waals surface area contributed by atoms with Crippen LogP contribution < -0.4 is 0 Å². The molecule has 0 unspecified atom stereocenters. The molecule has 0 saturated carbocycles. The van der Waals surface area contributed by atoms with Crippen molar-refractivity contribution in [2.75, 3.05) is 6.61 Å². The minimum absolute atomic E-state index is 0.0112. The summed E-state index contributed by atoms with van der Waals surface area (Å²) in [6.45, 7) is 1.55. The molecule has 0 fully saturated rings. The zero-order valence-electron chi connectivity index (χ0n) is 10.2. The van der Waals surface area contributed by atoms with E-state index in [1.165, 1.54) is 12.1 Å². The topological polar surface area (TPSA) is 108 Å². The van der Waals surface area contributed by atoms with E-state index in [0.29, 0.717) is 5.56 Å². The molecule has 0 heterocycles. The largest absolute Gasteiger partial charge is 0.501 e. The summed E-state index contributed by atoms with van der Waals surface area (Å²) in [6.07, 6.45) is 0. The van der Waals surface area contributed by atoms with Crippen LogP contribution in [0.5, 0.6) is 0 Å². The lowest BCUT2D eigenvalue weighted by Crippen LogP contribution is -2.21. The summed E-state index contributed by atoms with van der Waals surface area (Å²) in [4.78, 5) is 22.4. The number of ether oxygens (including phenoxy) is 1. The molecule has 0 amide bonds. The van der Waals surface area contributed by atoms with E-state index in [9.17, 15) is 14.7 Å². The first-order chi connectivity index (χ1) is 8.99. The second-order valence-electron chi connectivity index (χ2n) is 3.49. The van der Waals surface area contributed by atoms with Crippen molar-refractivity contribution in [3.8, 4) is 0 Å². The summed E-state index contributed by atoms with van der Waals surface area (Å²) in [7, 11) is 0. The third-order valence-electron chi connectivity index (χ3n) is 2.23. The molecule has 0 aliphatic heterocycles. The van der Waals surface area contributed by atoms with Gasteiger partial charge in [-0.3, -0.25) is 5.41 Å². The van der Waals surface area contributed by atoms with E-state index in [0.717, 1.165) is 0 Å². The predicted octanol–water partition coefficient (Wildman–Crippen LogP) is 1.51. The van der Waals surface area contributed by atoms with Crippen LogP contribution in [-0.4, -0.2) is 34.5 Å². The highest BCUT2D eigenvalue weighted by atomic mass is 16.5. The molecule has 6 heteroatoms. The number of aliphatic hydroxyl groups excluding tert-OH is 1. The average Bonchev–Trinajstić information content (AvgIpc) is 2.40. The van der Waals surface area contributed by atoms with E-state index < -0.39 is 29.0 Å². The molecule has 1 rings (SSSR count). The first-order valence-electron chi connectivity index (χ1n) is 5.47. The standard InChI is InChI=1S/C13H13NO5/c1-2-19-13(18)9(11(15)12(16)17)10(14)8-6-4-3-5-7-8/h3-7,14-15H,2H2,1H3,(H,16,17)/b11-9-,14-10?. The molecule has 1 aromatic rings. The molecule has 0 aliphatic carbocycles. The van der Waals surface area contributed by atoms with Gasteiger partial charge in [0.05, 0.1) is 12.3 Å². The van der Waals surface area contributed by atoms with Crippen molar-refractivity contribution in [2.24, 2.45) is 0 Å². The van der Waals surface area contributed by atoms with Gasteiger partial charge in [0.1, 0.15) is 5.57 Å². The monoisotopic (exact) mass is 263 g/mol. The van der Waals surface area contributed by atoms with Crippen molar-refractivity contribution in [2.45, 2.75) is 6.92 Å². The zero-order chi connectivity index (χ0) is 14.4. The molecule has 6 nitrogen and oxygen atoms in total. The number of carboxylic acids is 1. The number of carboxylic acid groups (broad SMARTS) is 1. The molecule has 0 radical (unpaired) electrons. The van der Waals surface area contributed by atoms with Gasteiger partial charge in [0, 0.05) is 5.56 Å². The number of carbonyl (C=O) groups is 2. The first kappa shape index (κ1) is 14.4. The predicted molar refractivity (Wildman–Crippen MR) is 67.2 cm³/mol. The molecule has 1 aromatic carbocycles. The van der Waals surface area contributed by atoms with Crippen LogP contribution in [0.1, 0.15) is 12.5 Å². The highest BCUT2D eigenvalue weighted by molar-refractivity contribution is 6.27. The fourth-order valence-electron chi connectivity index (χ4n) is 1.38. The summed E-state index contributed by atoms with van der Waals surface area (Å²) in [6, 6.07) is 8.02. The van der Waals surface area contributed by atoms with Crippen LogP contribution in [0, 0.1) is 5.41 Å². The Kier molecular flexibility index (Phi) is 4.82. The summed E-state index contributed by atoms with van der Waals surface area (Å²) >= 11 is 0. The third kappa shape index (κ3) is 3.41. The highest BCUT2D eigenvalue weighted by Gasteiger charge is 2.26. The fourth-order valence-corrected chi connectivity index (χ4v) is 1.38. The van der Waals surface area contributed by atoms with Gasteiger partial charge >= 0.3 is 11.9 Å². The lowest BCUT2D eigenvalue weighted by atomic mass is 10.0. The van der Waals surface area contributed by atoms with Gasteiger partial charge in [-0.1, -0.05) is 30.3 Å². The quantitative estimate of drug-likeness (QED) is 0.323. The second kappa shape index (κ2) is 6.34. The molecular weight excluding hydrogens is 250 g/mol. The number of carbonyl (C=O) groups excluding carboxylic acids is 1. The smallest absolute Gasteiger partial charge is 0.371 e. The molecule has 100 valence electrons. The molecule has 0 atom stereocenters. The Balaban J connectivity index is 3.26. The van der Waals surface area contributed by atoms with Gasteiger partial charge in [-0.25, -0.2) is 9.59 Å². The molecule has 0 aliphatic rings. The average molecular weight is 263 g/mol. The van der Waals surface area contributed by atoms with Crippen LogP contribution in [-0.2, 0) is 14.3 Å². The van der Waals surface area contributed by atoms with Crippen molar-refractivity contribution < 1.29 is 24.5 Å². The van der Waals surface area contributed by atoms with Crippen molar-refractivity contribution in [1.82, 2.24) is 0 Å². The summed E-state index contributed by atoms with van der Waals surface area (Å²) in [5, 5.41) is 26.0. The Morgan fingerprint density at radius 2 is 1.79 bits per heavy atom. The van der Waals surface area contributed by atoms with Gasteiger partial charge in [0.15, 0.2) is 0 Å². The van der Waals surface area contributed by atoms with Crippen LogP contribution >= 0.6 is 0 Å². The molecule has 0 spiro atoms. The van der Waals surface area contributed by atoms with Crippen LogP contribution in [0.4, 0.5) is 0 Å². The number of aliphatic hydroxyl groups is 1. The number of hydrogen-bond donors (Lipinski definition) is 3. The molecule has 0 bridgehead atoms. The number of esters is 1. The molecule has 0 saturated heterocycles. The van der Waals surface area contributed by atoms with E-state index in [4.69, 9.17) is 10.5 Å². The van der Waals surface area contributed by atoms with Crippen LogP contribution in [0.25, 0.3) is 0 Å². The van der Waals surface area contributed by atoms with Crippen molar-refractivity contribution in [3.63, 3.8) is 0 Å². The van der Waals surface area contributed by atoms with E-state index in [1.807, 2.05) is 0 Å². The maximum absolute atomic E-state index is 11.7. The Morgan fingerprint density at radius 1 is 1.21 bits per heavy atom. The summed E-state index contributed by atoms with van der Waals surface area (Å²) in [5.41, 5.74) is -0.766. The van der Waals surface area contributed by atoms with Crippen LogP contribution in [0.2, 0.25) is 0 Å². The third-order valence-corrected chi connectivity index (χ3v) is 2.23. The van der Waals surface area contributed by atoms with Crippen LogP contribution in [0.15, 0.2) is 41.7 Å². The zero-order valence-corrected chi connectivity index (χ0v) is 10.2. The number of aliphatic carboxylic acids is 1. The van der Waals surface area contributed by atoms with Crippen molar-refractivity contribution in [1.29, 1.82) is 5.41 Å². The highest BCUT2D eigenvalue weighted by Crippen LogP contribution is 2.13. The van der Waals surface area contributed by atoms with E-state index in [2.05, 4.69) is 4.74 Å². The minimum Gasteiger partial charge on any atom is -0.501 e. The van der Waals surface area contributed by atoms with Gasteiger partial charge in [-0.2, -0.15) is 0 Å². The van der Waals surface area contributed by atoms with Gasteiger partial charge in [-0.05, 0) is 6.92 Å². The molecule has 0 aromatic heterocycles. The fraction of sp³-hybridized carbons (Fsp3) is 0.154. The number of benzene rings is 1. The molecule has 3 N–H and O–H groups in total. The normalized spacial score (nSPS) is 11.4. The van der Waals surface area contributed by atoms with Crippen molar-refractivity contribution in [3.05, 3.63) is 47.2 Å².